The molecule has 0 radical (unpaired) electrons. The van der Waals surface area contributed by atoms with E-state index in [1.165, 1.54) is 22.7 Å². The van der Waals surface area contributed by atoms with Gasteiger partial charge in [-0.25, -0.2) is 9.97 Å². The summed E-state index contributed by atoms with van der Waals surface area (Å²) in [5, 5.41) is 0.927. The highest BCUT2D eigenvalue weighted by Crippen LogP contribution is 2.26. The van der Waals surface area contributed by atoms with E-state index >= 15 is 0 Å². The lowest BCUT2D eigenvalue weighted by Gasteiger charge is -1.84. The Bertz CT molecular complexity index is 523. The van der Waals surface area contributed by atoms with Crippen molar-refractivity contribution in [3.8, 4) is 0 Å². The van der Waals surface area contributed by atoms with Crippen LogP contribution in [0.15, 0.2) is 0 Å². The molecule has 0 atom stereocenters. The van der Waals surface area contributed by atoms with Gasteiger partial charge >= 0.3 is 0 Å². The molecule has 0 amide bonds. The molecule has 6 nitrogen and oxygen atoms in total. The largest absolute Gasteiger partial charge is 0.375 e. The monoisotopic (exact) mass is 224 g/mol. The maximum atomic E-state index is 5.54. The third-order valence-corrected chi connectivity index (χ3v) is 3.17. The molecular formula is C6H4N6S2. The maximum absolute atomic E-state index is 5.54. The smallest absolute Gasteiger partial charge is 0.193 e. The van der Waals surface area contributed by atoms with E-state index in [0.29, 0.717) is 31.2 Å². The normalized spacial score (nSPS) is 11.4. The molecule has 0 saturated carbocycles. The second-order valence-electron chi connectivity index (χ2n) is 2.59. The first-order valence-corrected chi connectivity index (χ1v) is 5.32. The van der Waals surface area contributed by atoms with Crippen LogP contribution in [0.25, 0.3) is 21.0 Å². The van der Waals surface area contributed by atoms with Crippen molar-refractivity contribution < 1.29 is 0 Å². The van der Waals surface area contributed by atoms with Gasteiger partial charge in [-0.3, -0.25) is 0 Å². The number of nitrogens with two attached hydrogens (primary N) is 2. The summed E-state index contributed by atoms with van der Waals surface area (Å²) in [6.07, 6.45) is 0. The van der Waals surface area contributed by atoms with Crippen LogP contribution in [0.1, 0.15) is 0 Å². The molecule has 0 unspecified atom stereocenters. The summed E-state index contributed by atoms with van der Waals surface area (Å²) in [6.45, 7) is 0. The lowest BCUT2D eigenvalue weighted by atomic mass is 10.7. The molecule has 0 aliphatic carbocycles. The molecule has 8 heteroatoms. The van der Waals surface area contributed by atoms with Crippen molar-refractivity contribution in [3.05, 3.63) is 0 Å². The van der Waals surface area contributed by atoms with Gasteiger partial charge in [-0.15, -0.1) is 0 Å². The Labute approximate surface area is 85.6 Å². The minimum atomic E-state index is 0.464. The van der Waals surface area contributed by atoms with Crippen molar-refractivity contribution in [2.45, 2.75) is 0 Å². The van der Waals surface area contributed by atoms with E-state index in [2.05, 4.69) is 19.9 Å². The molecule has 3 aromatic rings. The Morgan fingerprint density at radius 2 is 1.14 bits per heavy atom. The SMILES string of the molecule is Nc1nc2nc3sc(N)nc3nc2s1. The molecule has 3 aromatic heterocycles. The topological polar surface area (TPSA) is 104 Å². The van der Waals surface area contributed by atoms with Crippen LogP contribution in [-0.2, 0) is 0 Å². The predicted octanol–water partition coefficient (Wildman–Crippen LogP) is 0.860. The van der Waals surface area contributed by atoms with Crippen molar-refractivity contribution in [2.24, 2.45) is 0 Å². The number of rotatable bonds is 0. The van der Waals surface area contributed by atoms with Gasteiger partial charge in [-0.2, -0.15) is 9.97 Å². The summed E-state index contributed by atoms with van der Waals surface area (Å²) in [5.74, 6) is 0. The molecule has 3 heterocycles. The fourth-order valence-corrected chi connectivity index (χ4v) is 2.41. The fourth-order valence-electron chi connectivity index (χ4n) is 1.12. The average molecular weight is 224 g/mol. The molecule has 0 fully saturated rings. The Morgan fingerprint density at radius 3 is 1.57 bits per heavy atom. The van der Waals surface area contributed by atoms with Gasteiger partial charge in [0.2, 0.25) is 0 Å². The molecule has 0 aliphatic rings. The van der Waals surface area contributed by atoms with Crippen molar-refractivity contribution in [1.82, 2.24) is 19.9 Å². The molecule has 4 N–H and O–H groups in total. The van der Waals surface area contributed by atoms with Crippen LogP contribution in [0.3, 0.4) is 0 Å². The number of nitrogens with zero attached hydrogens (tertiary/aromatic N) is 4. The van der Waals surface area contributed by atoms with Crippen molar-refractivity contribution in [3.63, 3.8) is 0 Å². The van der Waals surface area contributed by atoms with Gasteiger partial charge in [0, 0.05) is 0 Å². The number of aromatic nitrogens is 4. The number of fused-ring (bicyclic) bond motifs is 2. The number of thiazole rings is 2. The molecule has 0 saturated heterocycles. The zero-order valence-corrected chi connectivity index (χ0v) is 8.39. The first kappa shape index (κ1) is 7.83. The molecule has 70 valence electrons. The quantitative estimate of drug-likeness (QED) is 0.587. The van der Waals surface area contributed by atoms with Gasteiger partial charge in [0.05, 0.1) is 0 Å². The van der Waals surface area contributed by atoms with E-state index in [1.807, 2.05) is 0 Å². The van der Waals surface area contributed by atoms with Crippen LogP contribution in [0.4, 0.5) is 10.3 Å². The number of hydrogen-bond acceptors (Lipinski definition) is 8. The third kappa shape index (κ3) is 1.01. The zero-order valence-electron chi connectivity index (χ0n) is 6.76. The molecule has 0 aromatic carbocycles. The maximum Gasteiger partial charge on any atom is 0.193 e. The van der Waals surface area contributed by atoms with E-state index in [9.17, 15) is 0 Å². The fraction of sp³-hybridized carbons (Fsp3) is 0. The van der Waals surface area contributed by atoms with E-state index in [4.69, 9.17) is 11.5 Å². The molecule has 3 rings (SSSR count). The lowest BCUT2D eigenvalue weighted by molar-refractivity contribution is 1.32. The van der Waals surface area contributed by atoms with Crippen LogP contribution in [0.2, 0.25) is 0 Å². The Hall–Kier alpha value is -1.54. The highest BCUT2D eigenvalue weighted by molar-refractivity contribution is 7.22. The van der Waals surface area contributed by atoms with Gasteiger partial charge in [0.15, 0.2) is 31.2 Å². The lowest BCUT2D eigenvalue weighted by Crippen LogP contribution is -1.83. The van der Waals surface area contributed by atoms with Gasteiger partial charge in [-0.05, 0) is 0 Å². The van der Waals surface area contributed by atoms with Gasteiger partial charge in [0.25, 0.3) is 0 Å². The second-order valence-corrected chi connectivity index (χ2v) is 4.60. The van der Waals surface area contributed by atoms with Crippen molar-refractivity contribution in [1.29, 1.82) is 0 Å². The first-order chi connectivity index (χ1) is 6.72. The standard InChI is InChI=1S/C6H4N6S2/c7-5-11-1-3(13-5)10-2-4(9-1)14-6(8)12-2/h(H2,7,9,11)(H2,8,10,12). The summed E-state index contributed by atoms with van der Waals surface area (Å²) in [4.78, 5) is 18.0. The van der Waals surface area contributed by atoms with Crippen LogP contribution in [0, 0.1) is 0 Å². The number of nitrogen functional groups attached to an aromatic ring is 2. The summed E-state index contributed by atoms with van der Waals surface area (Å²) >= 11 is 2.59. The van der Waals surface area contributed by atoms with E-state index < -0.39 is 0 Å². The van der Waals surface area contributed by atoms with Gasteiger partial charge < -0.3 is 11.5 Å². The zero-order chi connectivity index (χ0) is 9.71. The predicted molar refractivity (Wildman–Crippen MR) is 57.2 cm³/mol. The summed E-state index contributed by atoms with van der Waals surface area (Å²) in [5.41, 5.74) is 12.2. The summed E-state index contributed by atoms with van der Waals surface area (Å²) in [7, 11) is 0. The van der Waals surface area contributed by atoms with Gasteiger partial charge in [0.1, 0.15) is 0 Å². The molecule has 14 heavy (non-hydrogen) atoms. The minimum absolute atomic E-state index is 0.464. The van der Waals surface area contributed by atoms with Crippen molar-refractivity contribution >= 4 is 53.9 Å². The van der Waals surface area contributed by atoms with E-state index in [1.54, 1.807) is 0 Å². The summed E-state index contributed by atoms with van der Waals surface area (Å²) in [6, 6.07) is 0. The summed E-state index contributed by atoms with van der Waals surface area (Å²) < 4.78 is 0. The van der Waals surface area contributed by atoms with Gasteiger partial charge in [-0.1, -0.05) is 22.7 Å². The van der Waals surface area contributed by atoms with E-state index in [0.717, 1.165) is 0 Å². The second kappa shape index (κ2) is 2.49. The Balaban J connectivity index is 2.49. The number of anilines is 2. The van der Waals surface area contributed by atoms with E-state index in [-0.39, 0.29) is 0 Å². The number of hydrogen-bond donors (Lipinski definition) is 2. The first-order valence-electron chi connectivity index (χ1n) is 3.68. The average Bonchev–Trinajstić information content (AvgIpc) is 2.59. The Morgan fingerprint density at radius 1 is 0.714 bits per heavy atom. The van der Waals surface area contributed by atoms with Crippen LogP contribution in [-0.4, -0.2) is 19.9 Å². The molecule has 0 bridgehead atoms. The highest BCUT2D eigenvalue weighted by Gasteiger charge is 2.09. The van der Waals surface area contributed by atoms with Crippen LogP contribution < -0.4 is 11.5 Å². The Kier molecular flexibility index (Phi) is 1.39. The van der Waals surface area contributed by atoms with Crippen LogP contribution >= 0.6 is 22.7 Å². The molecule has 0 spiro atoms. The highest BCUT2D eigenvalue weighted by atomic mass is 32.1. The molecule has 0 aliphatic heterocycles. The van der Waals surface area contributed by atoms with Crippen molar-refractivity contribution in [2.75, 3.05) is 11.5 Å². The molecular weight excluding hydrogens is 220 g/mol. The van der Waals surface area contributed by atoms with Crippen LogP contribution in [0.5, 0.6) is 0 Å². The third-order valence-electron chi connectivity index (χ3n) is 1.63. The minimum Gasteiger partial charge on any atom is -0.375 e.